The molecule has 1 atom stereocenters. The van der Waals surface area contributed by atoms with Gasteiger partial charge in [-0.1, -0.05) is 23.8 Å². The zero-order valence-electron chi connectivity index (χ0n) is 16.8. The number of aryl methyl sites for hydroxylation is 1. The first kappa shape index (κ1) is 22.2. The number of halogens is 1. The number of aromatic nitrogens is 2. The van der Waals surface area contributed by atoms with Crippen molar-refractivity contribution in [1.29, 1.82) is 5.41 Å². The summed E-state index contributed by atoms with van der Waals surface area (Å²) in [5, 5.41) is 14.5. The summed E-state index contributed by atoms with van der Waals surface area (Å²) < 4.78 is 0. The molecule has 1 aromatic carbocycles. The standard InChI is InChI=1S/C22H22ClN5O3/c1-12(7-18(24)28-21(30)14-3-5-15(23)6-4-14)8-25-17(11-29)16-10-26-20-13(2)9-27-22(31)19(16)20/h3-6,9-11,17,25-26H,1,7-8H2,2H3,(H,27,31)(H2,24,28,30). The number of hydrogen-bond acceptors (Lipinski definition) is 5. The first-order valence-electron chi connectivity index (χ1n) is 9.49. The average molecular weight is 440 g/mol. The number of H-pyrrole nitrogens is 2. The maximum absolute atomic E-state index is 12.2. The molecule has 0 aliphatic carbocycles. The second-order valence-electron chi connectivity index (χ2n) is 7.16. The lowest BCUT2D eigenvalue weighted by atomic mass is 10.1. The molecule has 9 heteroatoms. The number of pyridine rings is 1. The summed E-state index contributed by atoms with van der Waals surface area (Å²) in [4.78, 5) is 41.8. The molecule has 1 unspecified atom stereocenters. The maximum Gasteiger partial charge on any atom is 0.257 e. The van der Waals surface area contributed by atoms with Crippen molar-refractivity contribution in [3.63, 3.8) is 0 Å². The Morgan fingerprint density at radius 2 is 1.97 bits per heavy atom. The molecule has 2 heterocycles. The van der Waals surface area contributed by atoms with Gasteiger partial charge < -0.3 is 25.4 Å². The topological polar surface area (TPSA) is 131 Å². The number of nitrogens with one attached hydrogen (secondary N) is 5. The van der Waals surface area contributed by atoms with Crippen LogP contribution in [-0.2, 0) is 4.79 Å². The molecule has 0 aliphatic rings. The third-order valence-corrected chi connectivity index (χ3v) is 5.04. The molecule has 8 nitrogen and oxygen atoms in total. The van der Waals surface area contributed by atoms with Gasteiger partial charge in [0.2, 0.25) is 0 Å². The van der Waals surface area contributed by atoms with E-state index in [-0.39, 0.29) is 24.4 Å². The second kappa shape index (κ2) is 9.55. The Labute approximate surface area is 183 Å². The highest BCUT2D eigenvalue weighted by Gasteiger charge is 2.18. The maximum atomic E-state index is 12.2. The van der Waals surface area contributed by atoms with E-state index in [1.807, 2.05) is 6.92 Å². The van der Waals surface area contributed by atoms with Gasteiger partial charge in [0.1, 0.15) is 12.1 Å². The van der Waals surface area contributed by atoms with Gasteiger partial charge in [-0.15, -0.1) is 0 Å². The van der Waals surface area contributed by atoms with Crippen molar-refractivity contribution in [3.05, 3.63) is 80.9 Å². The zero-order chi connectivity index (χ0) is 22.5. The summed E-state index contributed by atoms with van der Waals surface area (Å²) in [7, 11) is 0. The predicted molar refractivity (Wildman–Crippen MR) is 121 cm³/mol. The van der Waals surface area contributed by atoms with Crippen molar-refractivity contribution in [2.75, 3.05) is 6.54 Å². The monoisotopic (exact) mass is 439 g/mol. The summed E-state index contributed by atoms with van der Waals surface area (Å²) in [6.45, 7) is 5.98. The van der Waals surface area contributed by atoms with E-state index in [9.17, 15) is 14.4 Å². The predicted octanol–water partition coefficient (Wildman–Crippen LogP) is 3.00. The van der Waals surface area contributed by atoms with Crippen molar-refractivity contribution in [3.8, 4) is 0 Å². The lowest BCUT2D eigenvalue weighted by molar-refractivity contribution is -0.109. The SMILES string of the molecule is C=C(CNC(C=O)c1c[nH]c2c(C)c[nH]c(=O)c12)CC(=N)NC(=O)c1ccc(Cl)cc1. The highest BCUT2D eigenvalue weighted by molar-refractivity contribution is 6.30. The zero-order valence-corrected chi connectivity index (χ0v) is 17.6. The van der Waals surface area contributed by atoms with Crippen molar-refractivity contribution in [2.45, 2.75) is 19.4 Å². The molecule has 0 aliphatic heterocycles. The Morgan fingerprint density at radius 3 is 2.65 bits per heavy atom. The molecule has 3 rings (SSSR count). The third-order valence-electron chi connectivity index (χ3n) is 4.79. The molecule has 5 N–H and O–H groups in total. The van der Waals surface area contributed by atoms with Crippen LogP contribution >= 0.6 is 11.6 Å². The van der Waals surface area contributed by atoms with Gasteiger partial charge in [0, 0.05) is 41.5 Å². The number of fused-ring (bicyclic) bond motifs is 1. The summed E-state index contributed by atoms with van der Waals surface area (Å²) in [5.41, 5.74) is 2.78. The van der Waals surface area contributed by atoms with Crippen LogP contribution in [0, 0.1) is 12.3 Å². The molecule has 0 spiro atoms. The van der Waals surface area contributed by atoms with E-state index in [1.165, 1.54) is 0 Å². The lowest BCUT2D eigenvalue weighted by Gasteiger charge is -2.14. The van der Waals surface area contributed by atoms with E-state index >= 15 is 0 Å². The van der Waals surface area contributed by atoms with Gasteiger partial charge >= 0.3 is 0 Å². The molecule has 0 saturated heterocycles. The lowest BCUT2D eigenvalue weighted by Crippen LogP contribution is -2.31. The first-order valence-corrected chi connectivity index (χ1v) is 9.87. The van der Waals surface area contributed by atoms with Crippen LogP contribution < -0.4 is 16.2 Å². The van der Waals surface area contributed by atoms with Crippen LogP contribution in [0.1, 0.15) is 33.9 Å². The van der Waals surface area contributed by atoms with Gasteiger partial charge in [-0.05, 0) is 36.8 Å². The van der Waals surface area contributed by atoms with Gasteiger partial charge in [0.15, 0.2) is 0 Å². The fourth-order valence-corrected chi connectivity index (χ4v) is 3.34. The van der Waals surface area contributed by atoms with Crippen LogP contribution in [0.3, 0.4) is 0 Å². The van der Waals surface area contributed by atoms with Crippen molar-refractivity contribution in [1.82, 2.24) is 20.6 Å². The molecule has 3 aromatic rings. The van der Waals surface area contributed by atoms with Gasteiger partial charge in [-0.25, -0.2) is 0 Å². The minimum atomic E-state index is -0.730. The molecule has 0 radical (unpaired) electrons. The Kier molecular flexibility index (Phi) is 6.84. The fourth-order valence-electron chi connectivity index (χ4n) is 3.21. The molecular formula is C22H22ClN5O3. The smallest absolute Gasteiger partial charge is 0.257 e. The number of rotatable bonds is 8. The Bertz CT molecular complexity index is 1210. The van der Waals surface area contributed by atoms with Gasteiger partial charge in [-0.3, -0.25) is 15.0 Å². The van der Waals surface area contributed by atoms with Crippen molar-refractivity contribution in [2.24, 2.45) is 0 Å². The molecule has 31 heavy (non-hydrogen) atoms. The van der Waals surface area contributed by atoms with Crippen LogP contribution in [0.4, 0.5) is 0 Å². The summed E-state index contributed by atoms with van der Waals surface area (Å²) >= 11 is 5.81. The molecular weight excluding hydrogens is 418 g/mol. The van der Waals surface area contributed by atoms with Gasteiger partial charge in [-0.2, -0.15) is 0 Å². The number of amides is 1. The highest BCUT2D eigenvalue weighted by Crippen LogP contribution is 2.22. The van der Waals surface area contributed by atoms with Crippen LogP contribution in [0.5, 0.6) is 0 Å². The summed E-state index contributed by atoms with van der Waals surface area (Å²) in [5.74, 6) is -0.435. The number of hydrogen-bond donors (Lipinski definition) is 5. The Hall–Kier alpha value is -3.49. The normalized spacial score (nSPS) is 11.8. The van der Waals surface area contributed by atoms with E-state index in [2.05, 4.69) is 27.2 Å². The fraction of sp³-hybridized carbons (Fsp3) is 0.182. The molecule has 160 valence electrons. The quantitative estimate of drug-likeness (QED) is 0.160. The number of carbonyl (C=O) groups excluding carboxylic acids is 2. The minimum Gasteiger partial charge on any atom is -0.360 e. The van der Waals surface area contributed by atoms with E-state index in [4.69, 9.17) is 17.0 Å². The van der Waals surface area contributed by atoms with Crippen LogP contribution in [0.2, 0.25) is 5.02 Å². The molecule has 0 bridgehead atoms. The number of carbonyl (C=O) groups is 2. The molecule has 0 saturated carbocycles. The number of benzene rings is 1. The van der Waals surface area contributed by atoms with Crippen LogP contribution in [0.15, 0.2) is 53.6 Å². The minimum absolute atomic E-state index is 0.0198. The molecule has 0 fully saturated rings. The number of aldehydes is 1. The molecule has 2 aromatic heterocycles. The largest absolute Gasteiger partial charge is 0.360 e. The van der Waals surface area contributed by atoms with Crippen LogP contribution in [-0.4, -0.2) is 34.5 Å². The van der Waals surface area contributed by atoms with E-state index in [0.717, 1.165) is 5.56 Å². The number of amidine groups is 1. The average Bonchev–Trinajstić information content (AvgIpc) is 3.18. The summed E-state index contributed by atoms with van der Waals surface area (Å²) in [6, 6.07) is 5.60. The highest BCUT2D eigenvalue weighted by atomic mass is 35.5. The second-order valence-corrected chi connectivity index (χ2v) is 7.59. The summed E-state index contributed by atoms with van der Waals surface area (Å²) in [6.07, 6.45) is 4.08. The number of aromatic amines is 2. The Morgan fingerprint density at radius 1 is 1.26 bits per heavy atom. The van der Waals surface area contributed by atoms with E-state index in [1.54, 1.807) is 36.7 Å². The van der Waals surface area contributed by atoms with Gasteiger partial charge in [0.25, 0.3) is 11.5 Å². The Balaban J connectivity index is 1.59. The first-order chi connectivity index (χ1) is 14.8. The van der Waals surface area contributed by atoms with Crippen LogP contribution in [0.25, 0.3) is 10.9 Å². The van der Waals surface area contributed by atoms with Gasteiger partial charge in [0.05, 0.1) is 16.9 Å². The third kappa shape index (κ3) is 5.17. The van der Waals surface area contributed by atoms with Crippen molar-refractivity contribution >= 4 is 40.5 Å². The van der Waals surface area contributed by atoms with Crippen molar-refractivity contribution < 1.29 is 9.59 Å². The van der Waals surface area contributed by atoms with E-state index in [0.29, 0.717) is 38.9 Å². The van der Waals surface area contributed by atoms with E-state index < -0.39 is 11.9 Å². The molecule has 1 amide bonds.